The molecule has 0 spiro atoms. The van der Waals surface area contributed by atoms with E-state index in [9.17, 15) is 0 Å². The molecule has 1 rings (SSSR count). The number of hydrogen-bond donors (Lipinski definition) is 2. The summed E-state index contributed by atoms with van der Waals surface area (Å²) in [7, 11) is 0. The molecule has 1 heterocycles. The van der Waals surface area contributed by atoms with Gasteiger partial charge in [0.1, 0.15) is 11.6 Å². The van der Waals surface area contributed by atoms with Gasteiger partial charge in [-0.2, -0.15) is 0 Å². The minimum absolute atomic E-state index is 0.00144. The number of hydrogen-bond acceptors (Lipinski definition) is 3. The highest BCUT2D eigenvalue weighted by molar-refractivity contribution is 5.98. The molecule has 1 aromatic rings. The van der Waals surface area contributed by atoms with E-state index in [-0.39, 0.29) is 5.84 Å². The maximum Gasteiger partial charge on any atom is 0.133 e. The van der Waals surface area contributed by atoms with Gasteiger partial charge in [0, 0.05) is 11.8 Å². The number of nitrogen functional groups attached to an aromatic ring is 1. The maximum atomic E-state index is 7.42. The molecule has 0 aliphatic heterocycles. The minimum atomic E-state index is -0.00144. The second kappa shape index (κ2) is 4.09. The smallest absolute Gasteiger partial charge is 0.133 e. The van der Waals surface area contributed by atoms with E-state index in [2.05, 4.69) is 4.98 Å². The van der Waals surface area contributed by atoms with Gasteiger partial charge in [-0.1, -0.05) is 0 Å². The van der Waals surface area contributed by atoms with Crippen LogP contribution >= 0.6 is 0 Å². The van der Waals surface area contributed by atoms with Crippen molar-refractivity contribution < 1.29 is 4.74 Å². The van der Waals surface area contributed by atoms with E-state index < -0.39 is 0 Å². The van der Waals surface area contributed by atoms with Crippen LogP contribution in [0.2, 0.25) is 0 Å². The second-order valence-corrected chi connectivity index (χ2v) is 3.07. The largest absolute Gasteiger partial charge is 0.493 e. The zero-order valence-corrected chi connectivity index (χ0v) is 8.72. The van der Waals surface area contributed by atoms with Gasteiger partial charge in [0.15, 0.2) is 0 Å². The second-order valence-electron chi connectivity index (χ2n) is 3.07. The molecule has 0 radical (unpaired) electrons. The summed E-state index contributed by atoms with van der Waals surface area (Å²) in [4.78, 5) is 4.24. The van der Waals surface area contributed by atoms with Crippen molar-refractivity contribution in [2.45, 2.75) is 20.8 Å². The molecule has 0 aliphatic rings. The first-order chi connectivity index (χ1) is 6.56. The number of aromatic nitrogens is 1. The van der Waals surface area contributed by atoms with Crippen LogP contribution in [-0.4, -0.2) is 17.4 Å². The molecule has 4 nitrogen and oxygen atoms in total. The van der Waals surface area contributed by atoms with Crippen molar-refractivity contribution >= 4 is 5.84 Å². The van der Waals surface area contributed by atoms with Gasteiger partial charge in [-0.3, -0.25) is 10.4 Å². The number of nitrogens with one attached hydrogen (secondary N) is 1. The van der Waals surface area contributed by atoms with Crippen molar-refractivity contribution in [3.05, 3.63) is 23.0 Å². The molecule has 14 heavy (non-hydrogen) atoms. The van der Waals surface area contributed by atoms with Crippen molar-refractivity contribution in [2.24, 2.45) is 5.73 Å². The van der Waals surface area contributed by atoms with Crippen LogP contribution in [0.5, 0.6) is 5.75 Å². The van der Waals surface area contributed by atoms with Crippen LogP contribution in [-0.2, 0) is 0 Å². The Kier molecular flexibility index (Phi) is 3.06. The van der Waals surface area contributed by atoms with Crippen molar-refractivity contribution in [1.82, 2.24) is 4.98 Å². The molecular formula is C10H15N3O. The predicted octanol–water partition coefficient (Wildman–Crippen LogP) is 1.38. The number of ether oxygens (including phenoxy) is 1. The van der Waals surface area contributed by atoms with Crippen LogP contribution in [0.3, 0.4) is 0 Å². The molecule has 0 unspecified atom stereocenters. The van der Waals surface area contributed by atoms with Crippen LogP contribution < -0.4 is 10.5 Å². The van der Waals surface area contributed by atoms with Crippen LogP contribution in [0.25, 0.3) is 0 Å². The van der Waals surface area contributed by atoms with E-state index in [1.54, 1.807) is 6.07 Å². The molecule has 4 heteroatoms. The lowest BCUT2D eigenvalue weighted by Crippen LogP contribution is -2.16. The number of rotatable bonds is 3. The first-order valence-corrected chi connectivity index (χ1v) is 4.51. The van der Waals surface area contributed by atoms with Gasteiger partial charge >= 0.3 is 0 Å². The summed E-state index contributed by atoms with van der Waals surface area (Å²) in [6.45, 7) is 6.17. The first kappa shape index (κ1) is 10.5. The third-order valence-corrected chi connectivity index (χ3v) is 1.86. The zero-order valence-electron chi connectivity index (χ0n) is 8.72. The van der Waals surface area contributed by atoms with Gasteiger partial charge in [0.2, 0.25) is 0 Å². The van der Waals surface area contributed by atoms with E-state index >= 15 is 0 Å². The Bertz CT molecular complexity index is 361. The molecule has 0 aliphatic carbocycles. The summed E-state index contributed by atoms with van der Waals surface area (Å²) in [6, 6.07) is 1.80. The monoisotopic (exact) mass is 193 g/mol. The lowest BCUT2D eigenvalue weighted by Gasteiger charge is -2.11. The molecule has 0 saturated carbocycles. The van der Waals surface area contributed by atoms with Crippen molar-refractivity contribution in [3.8, 4) is 5.75 Å². The Hall–Kier alpha value is -1.58. The number of nitrogens with two attached hydrogens (primary N) is 1. The Balaban J connectivity index is 3.28. The van der Waals surface area contributed by atoms with Gasteiger partial charge in [0.05, 0.1) is 17.9 Å². The molecule has 1 aromatic heterocycles. The van der Waals surface area contributed by atoms with Gasteiger partial charge in [-0.05, 0) is 20.8 Å². The SMILES string of the molecule is CCOc1cc(C)nc(C)c1C(=N)N. The summed E-state index contributed by atoms with van der Waals surface area (Å²) in [6.07, 6.45) is 0. The molecular weight excluding hydrogens is 178 g/mol. The summed E-state index contributed by atoms with van der Waals surface area (Å²) < 4.78 is 5.40. The van der Waals surface area contributed by atoms with Crippen LogP contribution in [0.4, 0.5) is 0 Å². The predicted molar refractivity (Wildman–Crippen MR) is 55.9 cm³/mol. The lowest BCUT2D eigenvalue weighted by atomic mass is 10.1. The topological polar surface area (TPSA) is 72.0 Å². The Morgan fingerprint density at radius 3 is 2.71 bits per heavy atom. The van der Waals surface area contributed by atoms with E-state index in [1.807, 2.05) is 20.8 Å². The first-order valence-electron chi connectivity index (χ1n) is 4.51. The summed E-state index contributed by atoms with van der Waals surface area (Å²) >= 11 is 0. The van der Waals surface area contributed by atoms with Crippen LogP contribution in [0.15, 0.2) is 6.07 Å². The number of amidine groups is 1. The fourth-order valence-electron chi connectivity index (χ4n) is 1.39. The molecule has 0 saturated heterocycles. The number of pyridine rings is 1. The highest BCUT2D eigenvalue weighted by atomic mass is 16.5. The lowest BCUT2D eigenvalue weighted by molar-refractivity contribution is 0.338. The van der Waals surface area contributed by atoms with E-state index in [0.717, 1.165) is 11.4 Å². The van der Waals surface area contributed by atoms with Gasteiger partial charge in [-0.25, -0.2) is 0 Å². The quantitative estimate of drug-likeness (QED) is 0.562. The van der Waals surface area contributed by atoms with Gasteiger partial charge in [-0.15, -0.1) is 0 Å². The van der Waals surface area contributed by atoms with Crippen molar-refractivity contribution in [2.75, 3.05) is 6.61 Å². The van der Waals surface area contributed by atoms with Gasteiger partial charge in [0.25, 0.3) is 0 Å². The van der Waals surface area contributed by atoms with E-state index in [1.165, 1.54) is 0 Å². The third kappa shape index (κ3) is 2.02. The molecule has 3 N–H and O–H groups in total. The van der Waals surface area contributed by atoms with Gasteiger partial charge < -0.3 is 10.5 Å². The third-order valence-electron chi connectivity index (χ3n) is 1.86. The Morgan fingerprint density at radius 2 is 2.21 bits per heavy atom. The average Bonchev–Trinajstić information content (AvgIpc) is 2.01. The highest BCUT2D eigenvalue weighted by Gasteiger charge is 2.11. The zero-order chi connectivity index (χ0) is 10.7. The van der Waals surface area contributed by atoms with E-state index in [4.69, 9.17) is 15.9 Å². The van der Waals surface area contributed by atoms with Crippen LogP contribution in [0.1, 0.15) is 23.9 Å². The Labute approximate surface area is 83.6 Å². The maximum absolute atomic E-state index is 7.42. The molecule has 76 valence electrons. The fourth-order valence-corrected chi connectivity index (χ4v) is 1.39. The number of nitrogens with zero attached hydrogens (tertiary/aromatic N) is 1. The molecule has 0 fully saturated rings. The van der Waals surface area contributed by atoms with E-state index in [0.29, 0.717) is 17.9 Å². The fraction of sp³-hybridized carbons (Fsp3) is 0.400. The van der Waals surface area contributed by atoms with Crippen molar-refractivity contribution in [3.63, 3.8) is 0 Å². The van der Waals surface area contributed by atoms with Crippen molar-refractivity contribution in [1.29, 1.82) is 5.41 Å². The Morgan fingerprint density at radius 1 is 1.57 bits per heavy atom. The standard InChI is InChI=1S/C10H15N3O/c1-4-14-8-5-6(2)13-7(3)9(8)10(11)12/h5H,4H2,1-3H3,(H3,11,12). The summed E-state index contributed by atoms with van der Waals surface area (Å²) in [5.41, 5.74) is 7.66. The molecule has 0 amide bonds. The average molecular weight is 193 g/mol. The number of aryl methyl sites for hydroxylation is 2. The molecule has 0 bridgehead atoms. The minimum Gasteiger partial charge on any atom is -0.493 e. The summed E-state index contributed by atoms with van der Waals surface area (Å²) in [5, 5.41) is 7.42. The normalized spacial score (nSPS) is 9.93. The molecule has 0 aromatic carbocycles. The van der Waals surface area contributed by atoms with Crippen LogP contribution in [0, 0.1) is 19.3 Å². The highest BCUT2D eigenvalue weighted by Crippen LogP contribution is 2.21. The molecule has 0 atom stereocenters. The summed E-state index contributed by atoms with van der Waals surface area (Å²) in [5.74, 6) is 0.642.